The van der Waals surface area contributed by atoms with E-state index in [4.69, 9.17) is 0 Å². The molecule has 1 unspecified atom stereocenters. The molecule has 1 atom stereocenters. The number of allylic oxidation sites excluding steroid dienone is 1. The van der Waals surface area contributed by atoms with Crippen molar-refractivity contribution in [1.82, 2.24) is 0 Å². The van der Waals surface area contributed by atoms with Crippen molar-refractivity contribution in [2.24, 2.45) is 11.3 Å². The molecule has 0 saturated heterocycles. The standard InChI is InChI=1S/C13H22O4/c1-5-7-10(11(14)15)13(6-2,12(16)17)8-9(3)4/h7,9H,5-6,8H2,1-4H3,(H,14,15)(H,16,17). The van der Waals surface area contributed by atoms with Gasteiger partial charge in [0.2, 0.25) is 0 Å². The molecule has 4 nitrogen and oxygen atoms in total. The van der Waals surface area contributed by atoms with Gasteiger partial charge in [-0.2, -0.15) is 0 Å². The van der Waals surface area contributed by atoms with Crippen LogP contribution in [0.5, 0.6) is 0 Å². The second kappa shape index (κ2) is 6.42. The summed E-state index contributed by atoms with van der Waals surface area (Å²) >= 11 is 0. The monoisotopic (exact) mass is 242 g/mol. The molecule has 0 aliphatic rings. The van der Waals surface area contributed by atoms with Gasteiger partial charge < -0.3 is 10.2 Å². The van der Waals surface area contributed by atoms with Crippen molar-refractivity contribution in [3.8, 4) is 0 Å². The minimum absolute atomic E-state index is 0.0173. The van der Waals surface area contributed by atoms with Crippen LogP contribution in [-0.2, 0) is 9.59 Å². The van der Waals surface area contributed by atoms with Crippen molar-refractivity contribution in [1.29, 1.82) is 0 Å². The number of hydrogen-bond acceptors (Lipinski definition) is 2. The molecule has 0 aliphatic carbocycles. The fraction of sp³-hybridized carbons (Fsp3) is 0.692. The van der Waals surface area contributed by atoms with Gasteiger partial charge in [-0.1, -0.05) is 33.8 Å². The first kappa shape index (κ1) is 15.7. The lowest BCUT2D eigenvalue weighted by atomic mass is 9.71. The van der Waals surface area contributed by atoms with Crippen LogP contribution in [0.4, 0.5) is 0 Å². The molecule has 4 heteroatoms. The second-order valence-corrected chi connectivity index (χ2v) is 4.67. The van der Waals surface area contributed by atoms with Crippen LogP contribution in [0.3, 0.4) is 0 Å². The third kappa shape index (κ3) is 3.58. The molecule has 17 heavy (non-hydrogen) atoms. The zero-order chi connectivity index (χ0) is 13.6. The number of carboxylic acid groups (broad SMARTS) is 2. The van der Waals surface area contributed by atoms with Crippen molar-refractivity contribution in [3.05, 3.63) is 11.6 Å². The first-order valence-electron chi connectivity index (χ1n) is 5.99. The van der Waals surface area contributed by atoms with Gasteiger partial charge >= 0.3 is 11.9 Å². The molecule has 98 valence electrons. The van der Waals surface area contributed by atoms with Gasteiger partial charge in [-0.25, -0.2) is 4.79 Å². The lowest BCUT2D eigenvalue weighted by Gasteiger charge is -2.30. The normalized spacial score (nSPS) is 15.7. The van der Waals surface area contributed by atoms with E-state index in [1.54, 1.807) is 13.8 Å². The summed E-state index contributed by atoms with van der Waals surface area (Å²) in [5, 5.41) is 18.6. The number of aliphatic carboxylic acids is 2. The van der Waals surface area contributed by atoms with Crippen LogP contribution < -0.4 is 0 Å². The van der Waals surface area contributed by atoms with Crippen LogP contribution in [0.2, 0.25) is 0 Å². The minimum atomic E-state index is -1.27. The molecule has 0 rings (SSSR count). The van der Waals surface area contributed by atoms with Gasteiger partial charge in [0.15, 0.2) is 0 Å². The highest BCUT2D eigenvalue weighted by Gasteiger charge is 2.43. The van der Waals surface area contributed by atoms with Gasteiger partial charge in [0.1, 0.15) is 0 Å². The summed E-state index contributed by atoms with van der Waals surface area (Å²) in [5.41, 5.74) is -1.25. The van der Waals surface area contributed by atoms with E-state index >= 15 is 0 Å². The van der Waals surface area contributed by atoms with Crippen LogP contribution in [0, 0.1) is 11.3 Å². The summed E-state index contributed by atoms with van der Waals surface area (Å²) in [6, 6.07) is 0. The Morgan fingerprint density at radius 1 is 1.24 bits per heavy atom. The largest absolute Gasteiger partial charge is 0.481 e. The molecule has 0 aromatic heterocycles. The Labute approximate surface area is 102 Å². The summed E-state index contributed by atoms with van der Waals surface area (Å²) in [6.07, 6.45) is 2.67. The molecule has 0 aliphatic heterocycles. The Bertz CT molecular complexity index is 317. The second-order valence-electron chi connectivity index (χ2n) is 4.67. The lowest BCUT2D eigenvalue weighted by molar-refractivity contribution is -0.151. The quantitative estimate of drug-likeness (QED) is 0.673. The van der Waals surface area contributed by atoms with Gasteiger partial charge in [-0.3, -0.25) is 4.79 Å². The number of rotatable bonds is 7. The number of carboxylic acids is 2. The molecule has 2 N–H and O–H groups in total. The fourth-order valence-corrected chi connectivity index (χ4v) is 2.19. The minimum Gasteiger partial charge on any atom is -0.481 e. The summed E-state index contributed by atoms with van der Waals surface area (Å²) in [5.74, 6) is -2.04. The molecule has 0 heterocycles. The molecule has 0 aromatic carbocycles. The molecule has 0 amide bonds. The van der Waals surface area contributed by atoms with E-state index in [1.165, 1.54) is 6.08 Å². The van der Waals surface area contributed by atoms with Gasteiger partial charge in [-0.05, 0) is 25.2 Å². The lowest BCUT2D eigenvalue weighted by Crippen LogP contribution is -2.37. The van der Waals surface area contributed by atoms with E-state index in [0.717, 1.165) is 0 Å². The average molecular weight is 242 g/mol. The average Bonchev–Trinajstić information content (AvgIpc) is 2.21. The van der Waals surface area contributed by atoms with Gasteiger partial charge in [0.05, 0.1) is 11.0 Å². The van der Waals surface area contributed by atoms with Gasteiger partial charge in [0, 0.05) is 0 Å². The third-order valence-electron chi connectivity index (χ3n) is 2.92. The van der Waals surface area contributed by atoms with Gasteiger partial charge in [-0.15, -0.1) is 0 Å². The van der Waals surface area contributed by atoms with Crippen molar-refractivity contribution in [3.63, 3.8) is 0 Å². The third-order valence-corrected chi connectivity index (χ3v) is 2.92. The van der Waals surface area contributed by atoms with Crippen LogP contribution in [0.25, 0.3) is 0 Å². The molecule has 0 bridgehead atoms. The highest BCUT2D eigenvalue weighted by molar-refractivity contribution is 5.96. The van der Waals surface area contributed by atoms with E-state index in [1.807, 2.05) is 13.8 Å². The highest BCUT2D eigenvalue weighted by atomic mass is 16.4. The first-order valence-corrected chi connectivity index (χ1v) is 5.99. The molecule has 0 radical (unpaired) electrons. The maximum atomic E-state index is 11.5. The fourth-order valence-electron chi connectivity index (χ4n) is 2.19. The van der Waals surface area contributed by atoms with Crippen molar-refractivity contribution >= 4 is 11.9 Å². The van der Waals surface area contributed by atoms with Crippen LogP contribution in [0.1, 0.15) is 47.0 Å². The Morgan fingerprint density at radius 3 is 2.00 bits per heavy atom. The zero-order valence-electron chi connectivity index (χ0n) is 11.0. The molecular formula is C13H22O4. The van der Waals surface area contributed by atoms with Crippen LogP contribution >= 0.6 is 0 Å². The first-order chi connectivity index (χ1) is 7.81. The molecule has 0 fully saturated rings. The van der Waals surface area contributed by atoms with E-state index < -0.39 is 17.4 Å². The maximum absolute atomic E-state index is 11.5. The summed E-state index contributed by atoms with van der Waals surface area (Å²) in [4.78, 5) is 22.8. The van der Waals surface area contributed by atoms with Crippen molar-refractivity contribution in [2.45, 2.75) is 47.0 Å². The van der Waals surface area contributed by atoms with Crippen LogP contribution in [0.15, 0.2) is 11.6 Å². The van der Waals surface area contributed by atoms with E-state index in [-0.39, 0.29) is 11.5 Å². The molecule has 0 spiro atoms. The van der Waals surface area contributed by atoms with Crippen LogP contribution in [-0.4, -0.2) is 22.2 Å². The molecular weight excluding hydrogens is 220 g/mol. The number of hydrogen-bond donors (Lipinski definition) is 2. The maximum Gasteiger partial charge on any atom is 0.332 e. The summed E-state index contributed by atoms with van der Waals surface area (Å²) < 4.78 is 0. The Kier molecular flexibility index (Phi) is 5.93. The smallest absolute Gasteiger partial charge is 0.332 e. The van der Waals surface area contributed by atoms with Crippen molar-refractivity contribution in [2.75, 3.05) is 0 Å². The highest BCUT2D eigenvalue weighted by Crippen LogP contribution is 2.38. The van der Waals surface area contributed by atoms with E-state index in [0.29, 0.717) is 19.3 Å². The van der Waals surface area contributed by atoms with Crippen molar-refractivity contribution < 1.29 is 19.8 Å². The topological polar surface area (TPSA) is 74.6 Å². The Morgan fingerprint density at radius 2 is 1.76 bits per heavy atom. The SMILES string of the molecule is CCC=C(C(=O)O)C(CC)(CC(C)C)C(=O)O. The Balaban J connectivity index is 5.62. The Hall–Kier alpha value is -1.32. The predicted octanol–water partition coefficient (Wildman–Crippen LogP) is 2.93. The van der Waals surface area contributed by atoms with Gasteiger partial charge in [0.25, 0.3) is 0 Å². The molecule has 0 aromatic rings. The zero-order valence-corrected chi connectivity index (χ0v) is 11.0. The number of carbonyl (C=O) groups is 2. The summed E-state index contributed by atoms with van der Waals surface area (Å²) in [7, 11) is 0. The van der Waals surface area contributed by atoms with E-state index in [9.17, 15) is 19.8 Å². The molecule has 0 saturated carbocycles. The summed E-state index contributed by atoms with van der Waals surface area (Å²) in [6.45, 7) is 7.33. The predicted molar refractivity (Wildman–Crippen MR) is 65.8 cm³/mol. The van der Waals surface area contributed by atoms with E-state index in [2.05, 4.69) is 0 Å².